The Bertz CT molecular complexity index is 1100. The maximum Gasteiger partial charge on any atom is 0.257 e. The Labute approximate surface area is 184 Å². The van der Waals surface area contributed by atoms with Crippen molar-refractivity contribution in [1.82, 2.24) is 5.32 Å². The van der Waals surface area contributed by atoms with Crippen molar-refractivity contribution in [3.8, 4) is 0 Å². The van der Waals surface area contributed by atoms with E-state index in [4.69, 9.17) is 11.6 Å². The maximum atomic E-state index is 12.6. The van der Waals surface area contributed by atoms with E-state index < -0.39 is 0 Å². The van der Waals surface area contributed by atoms with E-state index in [9.17, 15) is 14.4 Å². The molecule has 0 aliphatic carbocycles. The number of carbonyl (C=O) groups excluding carboxylic acids is 3. The number of hydrogen-bond donors (Lipinski definition) is 4. The normalized spacial score (nSPS) is 10.1. The Kier molecular flexibility index (Phi) is 7.24. The monoisotopic (exact) mass is 436 g/mol. The van der Waals surface area contributed by atoms with Gasteiger partial charge in [-0.1, -0.05) is 41.9 Å². The summed E-state index contributed by atoms with van der Waals surface area (Å²) in [5, 5.41) is 11.4. The predicted molar refractivity (Wildman–Crippen MR) is 123 cm³/mol. The number of rotatable bonds is 7. The molecule has 4 N–H and O–H groups in total. The third-order valence-electron chi connectivity index (χ3n) is 4.37. The van der Waals surface area contributed by atoms with Gasteiger partial charge in [-0.15, -0.1) is 0 Å². The van der Waals surface area contributed by atoms with Crippen molar-refractivity contribution in [2.75, 3.05) is 29.5 Å². The van der Waals surface area contributed by atoms with E-state index in [0.717, 1.165) is 0 Å². The molecule has 0 heterocycles. The summed E-state index contributed by atoms with van der Waals surface area (Å²) in [6.45, 7) is -0.106. The van der Waals surface area contributed by atoms with Crippen molar-refractivity contribution in [3.05, 3.63) is 88.9 Å². The van der Waals surface area contributed by atoms with Gasteiger partial charge in [0.25, 0.3) is 11.8 Å². The van der Waals surface area contributed by atoms with E-state index in [0.29, 0.717) is 33.2 Å². The molecule has 0 bridgehead atoms. The number of nitrogens with one attached hydrogen (secondary N) is 4. The fourth-order valence-electron chi connectivity index (χ4n) is 2.83. The lowest BCUT2D eigenvalue weighted by Gasteiger charge is -2.13. The molecule has 0 saturated heterocycles. The van der Waals surface area contributed by atoms with Crippen molar-refractivity contribution in [3.63, 3.8) is 0 Å². The van der Waals surface area contributed by atoms with E-state index >= 15 is 0 Å². The molecule has 0 saturated carbocycles. The highest BCUT2D eigenvalue weighted by atomic mass is 35.5. The molecule has 0 aromatic heterocycles. The highest BCUT2D eigenvalue weighted by Crippen LogP contribution is 2.23. The largest absolute Gasteiger partial charge is 0.375 e. The highest BCUT2D eigenvalue weighted by molar-refractivity contribution is 6.33. The van der Waals surface area contributed by atoms with Crippen LogP contribution in [0.3, 0.4) is 0 Å². The predicted octanol–water partition coefficient (Wildman–Crippen LogP) is 4.00. The lowest BCUT2D eigenvalue weighted by atomic mass is 10.1. The molecular formula is C23H21ClN4O3. The molecule has 0 radical (unpaired) electrons. The molecule has 0 aliphatic heterocycles. The Morgan fingerprint density at radius 3 is 2.26 bits per heavy atom. The zero-order valence-electron chi connectivity index (χ0n) is 16.7. The molecular weight excluding hydrogens is 416 g/mol. The van der Waals surface area contributed by atoms with Gasteiger partial charge in [-0.2, -0.15) is 0 Å². The quantitative estimate of drug-likeness (QED) is 0.449. The molecule has 31 heavy (non-hydrogen) atoms. The van der Waals surface area contributed by atoms with Crippen LogP contribution in [0, 0.1) is 0 Å². The van der Waals surface area contributed by atoms with Crippen LogP contribution < -0.4 is 21.3 Å². The molecule has 0 unspecified atom stereocenters. The second kappa shape index (κ2) is 10.3. The molecule has 158 valence electrons. The van der Waals surface area contributed by atoms with E-state index in [-0.39, 0.29) is 24.3 Å². The van der Waals surface area contributed by atoms with Crippen LogP contribution in [0.25, 0.3) is 0 Å². The minimum Gasteiger partial charge on any atom is -0.375 e. The van der Waals surface area contributed by atoms with Gasteiger partial charge in [0.15, 0.2) is 0 Å². The Morgan fingerprint density at radius 2 is 1.52 bits per heavy atom. The van der Waals surface area contributed by atoms with Crippen LogP contribution in [0.4, 0.5) is 17.1 Å². The minimum atomic E-state index is -0.374. The SMILES string of the molecule is CNC(=O)c1ccc(Cl)c(NCC(=O)Nc2ccccc2C(=O)Nc2ccccc2)c1. The van der Waals surface area contributed by atoms with Gasteiger partial charge in [-0.25, -0.2) is 0 Å². The van der Waals surface area contributed by atoms with Gasteiger partial charge in [0.05, 0.1) is 28.5 Å². The molecule has 0 aliphatic rings. The summed E-state index contributed by atoms with van der Waals surface area (Å²) < 4.78 is 0. The van der Waals surface area contributed by atoms with Crippen LogP contribution in [0.2, 0.25) is 5.02 Å². The summed E-state index contributed by atoms with van der Waals surface area (Å²) in [6, 6.07) is 20.5. The molecule has 0 atom stereocenters. The van der Waals surface area contributed by atoms with Crippen LogP contribution in [-0.2, 0) is 4.79 Å². The minimum absolute atomic E-state index is 0.106. The Morgan fingerprint density at radius 1 is 0.806 bits per heavy atom. The number of anilines is 3. The van der Waals surface area contributed by atoms with Crippen LogP contribution in [0.5, 0.6) is 0 Å². The van der Waals surface area contributed by atoms with E-state index in [2.05, 4.69) is 21.3 Å². The van der Waals surface area contributed by atoms with Gasteiger partial charge in [-0.05, 0) is 42.5 Å². The summed E-state index contributed by atoms with van der Waals surface area (Å²) in [5.41, 5.74) is 2.24. The van der Waals surface area contributed by atoms with Gasteiger partial charge in [-0.3, -0.25) is 14.4 Å². The fourth-order valence-corrected chi connectivity index (χ4v) is 3.01. The first kappa shape index (κ1) is 21.9. The van der Waals surface area contributed by atoms with Gasteiger partial charge in [0, 0.05) is 18.3 Å². The number of carbonyl (C=O) groups is 3. The van der Waals surface area contributed by atoms with E-state index in [1.807, 2.05) is 18.2 Å². The van der Waals surface area contributed by atoms with Crippen molar-refractivity contribution in [1.29, 1.82) is 0 Å². The third kappa shape index (κ3) is 5.83. The third-order valence-corrected chi connectivity index (χ3v) is 4.70. The van der Waals surface area contributed by atoms with E-state index in [1.165, 1.54) is 7.05 Å². The van der Waals surface area contributed by atoms with Crippen LogP contribution in [0.1, 0.15) is 20.7 Å². The lowest BCUT2D eigenvalue weighted by molar-refractivity contribution is -0.114. The van der Waals surface area contributed by atoms with Crippen molar-refractivity contribution in [2.45, 2.75) is 0 Å². The average Bonchev–Trinajstić information content (AvgIpc) is 2.79. The molecule has 3 aromatic carbocycles. The zero-order chi connectivity index (χ0) is 22.2. The van der Waals surface area contributed by atoms with Crippen molar-refractivity contribution in [2.24, 2.45) is 0 Å². The van der Waals surface area contributed by atoms with Gasteiger partial charge in [0.2, 0.25) is 5.91 Å². The van der Waals surface area contributed by atoms with Gasteiger partial charge < -0.3 is 21.3 Å². The highest BCUT2D eigenvalue weighted by Gasteiger charge is 2.14. The van der Waals surface area contributed by atoms with Gasteiger partial charge in [0.1, 0.15) is 0 Å². The molecule has 3 rings (SSSR count). The van der Waals surface area contributed by atoms with Crippen molar-refractivity contribution < 1.29 is 14.4 Å². The summed E-state index contributed by atoms with van der Waals surface area (Å²) in [4.78, 5) is 36.9. The fraction of sp³-hybridized carbons (Fsp3) is 0.0870. The Balaban J connectivity index is 1.66. The summed E-state index contributed by atoms with van der Waals surface area (Å²) >= 11 is 6.15. The second-order valence-electron chi connectivity index (χ2n) is 6.54. The standard InChI is InChI=1S/C23H21ClN4O3/c1-25-22(30)15-11-12-18(24)20(13-15)26-14-21(29)28-19-10-6-5-9-17(19)23(31)27-16-7-3-2-4-8-16/h2-13,26H,14H2,1H3,(H,25,30)(H,27,31)(H,28,29). The topological polar surface area (TPSA) is 99.3 Å². The molecule has 7 nitrogen and oxygen atoms in total. The summed E-state index contributed by atoms with van der Waals surface area (Å²) in [7, 11) is 1.53. The second-order valence-corrected chi connectivity index (χ2v) is 6.95. The van der Waals surface area contributed by atoms with Crippen LogP contribution in [0.15, 0.2) is 72.8 Å². The summed E-state index contributed by atoms with van der Waals surface area (Å²) in [5.74, 6) is -0.972. The number of benzene rings is 3. The van der Waals surface area contributed by atoms with E-state index in [1.54, 1.807) is 54.6 Å². The first-order valence-electron chi connectivity index (χ1n) is 9.48. The number of hydrogen-bond acceptors (Lipinski definition) is 4. The molecule has 3 amide bonds. The molecule has 0 fully saturated rings. The molecule has 8 heteroatoms. The average molecular weight is 437 g/mol. The number of halogens is 1. The van der Waals surface area contributed by atoms with Crippen LogP contribution in [-0.4, -0.2) is 31.3 Å². The van der Waals surface area contributed by atoms with Gasteiger partial charge >= 0.3 is 0 Å². The first-order chi connectivity index (χ1) is 15.0. The maximum absolute atomic E-state index is 12.6. The smallest absolute Gasteiger partial charge is 0.257 e. The lowest BCUT2D eigenvalue weighted by Crippen LogP contribution is -2.24. The van der Waals surface area contributed by atoms with Crippen molar-refractivity contribution >= 4 is 46.4 Å². The zero-order valence-corrected chi connectivity index (χ0v) is 17.5. The van der Waals surface area contributed by atoms with Crippen LogP contribution >= 0.6 is 11.6 Å². The molecule has 3 aromatic rings. The summed E-state index contributed by atoms with van der Waals surface area (Å²) in [6.07, 6.45) is 0. The Hall–Kier alpha value is -3.84. The number of para-hydroxylation sites is 2. The molecule has 0 spiro atoms. The first-order valence-corrected chi connectivity index (χ1v) is 9.86. The number of amides is 3.